The van der Waals surface area contributed by atoms with Crippen LogP contribution in [0.4, 0.5) is 0 Å². The van der Waals surface area contributed by atoms with Gasteiger partial charge in [-0.05, 0) is 42.4 Å². The van der Waals surface area contributed by atoms with Gasteiger partial charge < -0.3 is 4.40 Å². The zero-order chi connectivity index (χ0) is 10.8. The molecule has 3 rings (SSSR count). The summed E-state index contributed by atoms with van der Waals surface area (Å²) in [5.74, 6) is 4.72. The molecule has 1 aliphatic heterocycles. The minimum absolute atomic E-state index is 0.840. The predicted octanol–water partition coefficient (Wildman–Crippen LogP) is 3.02. The van der Waals surface area contributed by atoms with Crippen LogP contribution in [0, 0.1) is 5.92 Å². The fourth-order valence-corrected chi connectivity index (χ4v) is 3.56. The van der Waals surface area contributed by atoms with E-state index in [2.05, 4.69) is 45.5 Å². The molecule has 0 atom stereocenters. The number of nitrogens with zero attached hydrogens (tertiary/aromatic N) is 2. The Kier molecular flexibility index (Phi) is 2.87. The summed E-state index contributed by atoms with van der Waals surface area (Å²) in [4.78, 5) is 4.55. The molecule has 1 saturated heterocycles. The van der Waals surface area contributed by atoms with Gasteiger partial charge in [-0.15, -0.1) is 0 Å². The first-order valence-corrected chi connectivity index (χ1v) is 7.07. The van der Waals surface area contributed by atoms with Crippen molar-refractivity contribution >= 4 is 17.3 Å². The predicted molar refractivity (Wildman–Crippen MR) is 68.9 cm³/mol. The molecular formula is C13H16N2S. The molecule has 0 aliphatic carbocycles. The summed E-state index contributed by atoms with van der Waals surface area (Å²) < 4.78 is 2.22. The van der Waals surface area contributed by atoms with Gasteiger partial charge in [-0.1, -0.05) is 6.07 Å². The van der Waals surface area contributed by atoms with Crippen LogP contribution >= 0.6 is 11.8 Å². The van der Waals surface area contributed by atoms with Crippen LogP contribution in [0.2, 0.25) is 0 Å². The Labute approximate surface area is 100 Å². The summed E-state index contributed by atoms with van der Waals surface area (Å²) in [7, 11) is 0. The zero-order valence-corrected chi connectivity index (χ0v) is 10.1. The Morgan fingerprint density at radius 1 is 1.31 bits per heavy atom. The van der Waals surface area contributed by atoms with E-state index in [-0.39, 0.29) is 0 Å². The van der Waals surface area contributed by atoms with E-state index >= 15 is 0 Å². The summed E-state index contributed by atoms with van der Waals surface area (Å²) in [6.07, 6.45) is 7.94. The van der Waals surface area contributed by atoms with E-state index in [0.717, 1.165) is 12.3 Å². The standard InChI is InChI=1S/C13H16N2S/c1-2-6-15-12(3-1)10-14-13(15)9-11-4-7-16-8-5-11/h1-3,6,10-11H,4-5,7-9H2. The van der Waals surface area contributed by atoms with E-state index < -0.39 is 0 Å². The van der Waals surface area contributed by atoms with Gasteiger partial charge in [0.25, 0.3) is 0 Å². The third-order valence-electron chi connectivity index (χ3n) is 3.33. The molecule has 0 unspecified atom stereocenters. The monoisotopic (exact) mass is 232 g/mol. The number of pyridine rings is 1. The van der Waals surface area contributed by atoms with E-state index in [9.17, 15) is 0 Å². The molecule has 0 radical (unpaired) electrons. The van der Waals surface area contributed by atoms with Gasteiger partial charge in [0.15, 0.2) is 0 Å². The SMILES string of the molecule is c1ccn2c(CC3CCSCC3)ncc2c1. The van der Waals surface area contributed by atoms with Crippen molar-refractivity contribution in [3.63, 3.8) is 0 Å². The normalized spacial score (nSPS) is 18.0. The highest BCUT2D eigenvalue weighted by Crippen LogP contribution is 2.25. The average Bonchev–Trinajstić information content (AvgIpc) is 2.74. The minimum atomic E-state index is 0.840. The highest BCUT2D eigenvalue weighted by molar-refractivity contribution is 7.99. The number of rotatable bonds is 2. The molecule has 0 bridgehead atoms. The summed E-state index contributed by atoms with van der Waals surface area (Å²) in [5.41, 5.74) is 1.21. The van der Waals surface area contributed by atoms with E-state index in [1.807, 2.05) is 6.20 Å². The Morgan fingerprint density at radius 2 is 2.19 bits per heavy atom. The Hall–Kier alpha value is -0.960. The van der Waals surface area contributed by atoms with Gasteiger partial charge in [-0.3, -0.25) is 0 Å². The lowest BCUT2D eigenvalue weighted by molar-refractivity contribution is 0.475. The van der Waals surface area contributed by atoms with Crippen LogP contribution in [-0.4, -0.2) is 20.9 Å². The second-order valence-corrected chi connectivity index (χ2v) is 5.65. The average molecular weight is 232 g/mol. The minimum Gasteiger partial charge on any atom is -0.304 e. The molecule has 1 fully saturated rings. The van der Waals surface area contributed by atoms with Gasteiger partial charge in [-0.25, -0.2) is 4.98 Å². The third kappa shape index (κ3) is 1.96. The van der Waals surface area contributed by atoms with Gasteiger partial charge in [0.1, 0.15) is 5.82 Å². The fraction of sp³-hybridized carbons (Fsp3) is 0.462. The number of thioether (sulfide) groups is 1. The van der Waals surface area contributed by atoms with E-state index in [0.29, 0.717) is 0 Å². The van der Waals surface area contributed by atoms with Crippen LogP contribution < -0.4 is 0 Å². The summed E-state index contributed by atoms with van der Waals surface area (Å²) in [5, 5.41) is 0. The van der Waals surface area contributed by atoms with Crippen molar-refractivity contribution < 1.29 is 0 Å². The van der Waals surface area contributed by atoms with Crippen molar-refractivity contribution in [2.75, 3.05) is 11.5 Å². The van der Waals surface area contributed by atoms with Crippen LogP contribution in [0.1, 0.15) is 18.7 Å². The Bertz CT molecular complexity index is 471. The van der Waals surface area contributed by atoms with Crippen LogP contribution in [0.3, 0.4) is 0 Å². The van der Waals surface area contributed by atoms with Crippen LogP contribution in [0.25, 0.3) is 5.52 Å². The summed E-state index contributed by atoms with van der Waals surface area (Å²) >= 11 is 2.09. The molecule has 3 heterocycles. The zero-order valence-electron chi connectivity index (χ0n) is 9.30. The molecule has 0 spiro atoms. The van der Waals surface area contributed by atoms with Gasteiger partial charge in [0.2, 0.25) is 0 Å². The maximum Gasteiger partial charge on any atom is 0.113 e. The van der Waals surface area contributed by atoms with Crippen LogP contribution in [-0.2, 0) is 6.42 Å². The lowest BCUT2D eigenvalue weighted by Crippen LogP contribution is -2.13. The Balaban J connectivity index is 1.83. The van der Waals surface area contributed by atoms with Crippen molar-refractivity contribution in [2.24, 2.45) is 5.92 Å². The summed E-state index contributed by atoms with van der Waals surface area (Å²) in [6, 6.07) is 6.26. The molecule has 84 valence electrons. The topological polar surface area (TPSA) is 17.3 Å². The van der Waals surface area contributed by atoms with Gasteiger partial charge in [0, 0.05) is 12.6 Å². The molecule has 0 amide bonds. The second-order valence-electron chi connectivity index (χ2n) is 4.43. The van der Waals surface area contributed by atoms with Crippen molar-refractivity contribution in [1.29, 1.82) is 0 Å². The molecule has 16 heavy (non-hydrogen) atoms. The maximum absolute atomic E-state index is 4.55. The maximum atomic E-state index is 4.55. The van der Waals surface area contributed by atoms with E-state index in [1.54, 1.807) is 0 Å². The smallest absolute Gasteiger partial charge is 0.113 e. The molecule has 0 aromatic carbocycles. The van der Waals surface area contributed by atoms with Crippen molar-refractivity contribution in [2.45, 2.75) is 19.3 Å². The van der Waals surface area contributed by atoms with Crippen molar-refractivity contribution in [3.05, 3.63) is 36.4 Å². The first-order valence-electron chi connectivity index (χ1n) is 5.92. The molecule has 2 aromatic heterocycles. The molecule has 3 heteroatoms. The van der Waals surface area contributed by atoms with Gasteiger partial charge >= 0.3 is 0 Å². The molecule has 2 aromatic rings. The van der Waals surface area contributed by atoms with E-state index in [1.165, 1.54) is 35.7 Å². The lowest BCUT2D eigenvalue weighted by atomic mass is 9.98. The number of hydrogen-bond acceptors (Lipinski definition) is 2. The lowest BCUT2D eigenvalue weighted by Gasteiger charge is -2.20. The van der Waals surface area contributed by atoms with Crippen LogP contribution in [0.5, 0.6) is 0 Å². The molecule has 0 N–H and O–H groups in total. The number of imidazole rings is 1. The molecule has 2 nitrogen and oxygen atoms in total. The second kappa shape index (κ2) is 4.50. The first kappa shape index (κ1) is 10.2. The highest BCUT2D eigenvalue weighted by Gasteiger charge is 2.16. The molecule has 0 saturated carbocycles. The third-order valence-corrected chi connectivity index (χ3v) is 4.38. The van der Waals surface area contributed by atoms with E-state index in [4.69, 9.17) is 0 Å². The quantitative estimate of drug-likeness (QED) is 0.792. The van der Waals surface area contributed by atoms with Crippen molar-refractivity contribution in [3.8, 4) is 0 Å². The fourth-order valence-electron chi connectivity index (χ4n) is 2.36. The molecule has 1 aliphatic rings. The van der Waals surface area contributed by atoms with Crippen molar-refractivity contribution in [1.82, 2.24) is 9.38 Å². The number of hydrogen-bond donors (Lipinski definition) is 0. The largest absolute Gasteiger partial charge is 0.304 e. The number of fused-ring (bicyclic) bond motifs is 1. The summed E-state index contributed by atoms with van der Waals surface area (Å²) in [6.45, 7) is 0. The molecular weight excluding hydrogens is 216 g/mol. The van der Waals surface area contributed by atoms with Gasteiger partial charge in [0.05, 0.1) is 11.7 Å². The first-order chi connectivity index (χ1) is 7.93. The Morgan fingerprint density at radius 3 is 3.06 bits per heavy atom. The van der Waals surface area contributed by atoms with Gasteiger partial charge in [-0.2, -0.15) is 11.8 Å². The van der Waals surface area contributed by atoms with Crippen LogP contribution in [0.15, 0.2) is 30.6 Å². The highest BCUT2D eigenvalue weighted by atomic mass is 32.2. The number of aromatic nitrogens is 2.